The van der Waals surface area contributed by atoms with Gasteiger partial charge in [-0.1, -0.05) is 56.7 Å². The molecule has 1 unspecified atom stereocenters. The van der Waals surface area contributed by atoms with Gasteiger partial charge in [0.2, 0.25) is 0 Å². The number of carbonyl (C=O) groups is 1. The summed E-state index contributed by atoms with van der Waals surface area (Å²) in [5.41, 5.74) is 0. The second kappa shape index (κ2) is 13.2. The number of hydrogen-bond acceptors (Lipinski definition) is 4. The molecule has 1 fully saturated rings. The molecule has 4 heteroatoms. The first-order valence-corrected chi connectivity index (χ1v) is 9.67. The van der Waals surface area contributed by atoms with Gasteiger partial charge < -0.3 is 15.2 Å². The number of esters is 1. The largest absolute Gasteiger partial charge is 0.507 e. The Morgan fingerprint density at radius 3 is 2.54 bits per heavy atom. The lowest BCUT2D eigenvalue weighted by molar-refractivity contribution is -0.140. The molecule has 0 bridgehead atoms. The topological polar surface area (TPSA) is 58.6 Å². The fourth-order valence-electron chi connectivity index (χ4n) is 2.97. The maximum Gasteiger partial charge on any atom is 0.305 e. The molecule has 2 N–H and O–H groups in total. The van der Waals surface area contributed by atoms with E-state index in [1.165, 1.54) is 26.4 Å². The highest BCUT2D eigenvalue weighted by Gasteiger charge is 2.12. The highest BCUT2D eigenvalue weighted by molar-refractivity contribution is 5.87. The summed E-state index contributed by atoms with van der Waals surface area (Å²) in [6.45, 7) is 5.14. The zero-order valence-corrected chi connectivity index (χ0v) is 16.3. The first-order valence-electron chi connectivity index (χ1n) is 9.67. The number of phenolic OH excluding ortho intramolecular Hbond substituents is 1. The lowest BCUT2D eigenvalue weighted by Crippen LogP contribution is -2.33. The van der Waals surface area contributed by atoms with Gasteiger partial charge in [0.25, 0.3) is 0 Å². The minimum absolute atomic E-state index is 0.0872. The van der Waals surface area contributed by atoms with Gasteiger partial charge in [0.05, 0.1) is 7.11 Å². The van der Waals surface area contributed by atoms with Crippen molar-refractivity contribution in [2.24, 2.45) is 0 Å². The van der Waals surface area contributed by atoms with Crippen LogP contribution in [0.4, 0.5) is 0 Å². The number of hydrogen-bond donors (Lipinski definition) is 2. The zero-order chi connectivity index (χ0) is 19.2. The Kier molecular flexibility index (Phi) is 11.1. The van der Waals surface area contributed by atoms with E-state index >= 15 is 0 Å². The number of methoxy groups -OCH3 is 1. The van der Waals surface area contributed by atoms with Gasteiger partial charge in [0.1, 0.15) is 5.75 Å². The van der Waals surface area contributed by atoms with E-state index in [2.05, 4.69) is 10.1 Å². The maximum atomic E-state index is 10.8. The first kappa shape index (κ1) is 22.0. The molecule has 0 aromatic heterocycles. The van der Waals surface area contributed by atoms with E-state index in [4.69, 9.17) is 0 Å². The summed E-state index contributed by atoms with van der Waals surface area (Å²) in [4.78, 5) is 10.8. The Morgan fingerprint density at radius 2 is 1.88 bits per heavy atom. The second-order valence-corrected chi connectivity index (χ2v) is 6.11. The Bertz CT molecular complexity index is 631. The number of ether oxygens (including phenoxy) is 1. The molecule has 2 aromatic rings. The van der Waals surface area contributed by atoms with Crippen LogP contribution in [0.25, 0.3) is 10.8 Å². The number of rotatable bonds is 4. The van der Waals surface area contributed by atoms with Gasteiger partial charge in [-0.15, -0.1) is 0 Å². The Morgan fingerprint density at radius 1 is 1.15 bits per heavy atom. The average Bonchev–Trinajstić information content (AvgIpc) is 2.71. The van der Waals surface area contributed by atoms with Crippen molar-refractivity contribution in [3.63, 3.8) is 0 Å². The van der Waals surface area contributed by atoms with Crippen LogP contribution in [0, 0.1) is 0 Å². The van der Waals surface area contributed by atoms with Crippen LogP contribution in [0.15, 0.2) is 42.5 Å². The van der Waals surface area contributed by atoms with Gasteiger partial charge in [0.15, 0.2) is 0 Å². The van der Waals surface area contributed by atoms with Gasteiger partial charge in [-0.05, 0) is 43.7 Å². The van der Waals surface area contributed by atoms with Crippen LogP contribution < -0.4 is 5.32 Å². The fourth-order valence-corrected chi connectivity index (χ4v) is 2.97. The molecule has 26 heavy (non-hydrogen) atoms. The molecule has 1 atom stereocenters. The number of nitrogens with one attached hydrogen (secondary N) is 1. The number of aromatic hydroxyl groups is 1. The molecule has 1 aliphatic heterocycles. The first-order chi connectivity index (χ1) is 12.7. The molecular formula is C22H33NO3. The molecule has 1 saturated heterocycles. The van der Waals surface area contributed by atoms with Gasteiger partial charge in [0, 0.05) is 17.8 Å². The predicted octanol–water partition coefficient (Wildman–Crippen LogP) is 5.04. The van der Waals surface area contributed by atoms with Crippen molar-refractivity contribution in [1.29, 1.82) is 0 Å². The standard InChI is InChI=1S/C10H19NO2.C10H8O.C2H6/c1-13-10(12)7-4-6-9-5-2-3-8-11-9;11-10-7-3-5-8-4-1-2-6-9(8)10;1-2/h9,11H,2-8H2,1H3;1-7,11H;1-2H3. The van der Waals surface area contributed by atoms with Crippen LogP contribution in [0.5, 0.6) is 5.75 Å². The van der Waals surface area contributed by atoms with Crippen molar-refractivity contribution in [3.8, 4) is 5.75 Å². The molecule has 0 radical (unpaired) electrons. The number of piperidine rings is 1. The van der Waals surface area contributed by atoms with Gasteiger partial charge >= 0.3 is 5.97 Å². The monoisotopic (exact) mass is 359 g/mol. The van der Waals surface area contributed by atoms with Crippen molar-refractivity contribution in [2.75, 3.05) is 13.7 Å². The van der Waals surface area contributed by atoms with E-state index in [0.29, 0.717) is 18.2 Å². The van der Waals surface area contributed by atoms with Crippen LogP contribution >= 0.6 is 0 Å². The van der Waals surface area contributed by atoms with Crippen LogP contribution in [-0.4, -0.2) is 30.8 Å². The summed E-state index contributed by atoms with van der Waals surface area (Å²) >= 11 is 0. The van der Waals surface area contributed by atoms with E-state index in [1.807, 2.05) is 50.2 Å². The summed E-state index contributed by atoms with van der Waals surface area (Å²) in [6.07, 6.45) is 6.51. The molecule has 4 nitrogen and oxygen atoms in total. The molecular weight excluding hydrogens is 326 g/mol. The number of carbonyl (C=O) groups excluding carboxylic acids is 1. The number of benzene rings is 2. The SMILES string of the molecule is CC.COC(=O)CCCC1CCCCN1.Oc1cccc2ccccc12. The van der Waals surface area contributed by atoms with Crippen molar-refractivity contribution in [3.05, 3.63) is 42.5 Å². The van der Waals surface area contributed by atoms with Gasteiger partial charge in [-0.2, -0.15) is 0 Å². The lowest BCUT2D eigenvalue weighted by Gasteiger charge is -2.22. The predicted molar refractivity (Wildman–Crippen MR) is 108 cm³/mol. The highest BCUT2D eigenvalue weighted by atomic mass is 16.5. The fraction of sp³-hybridized carbons (Fsp3) is 0.500. The summed E-state index contributed by atoms with van der Waals surface area (Å²) in [7, 11) is 1.45. The Labute approximate surface area is 157 Å². The molecule has 2 aromatic carbocycles. The summed E-state index contributed by atoms with van der Waals surface area (Å²) in [5, 5.41) is 14.8. The van der Waals surface area contributed by atoms with Crippen molar-refractivity contribution >= 4 is 16.7 Å². The van der Waals surface area contributed by atoms with Crippen molar-refractivity contribution in [1.82, 2.24) is 5.32 Å². The van der Waals surface area contributed by atoms with Crippen molar-refractivity contribution < 1.29 is 14.6 Å². The smallest absolute Gasteiger partial charge is 0.305 e. The molecule has 3 rings (SSSR count). The van der Waals surface area contributed by atoms with Crippen LogP contribution in [0.1, 0.15) is 52.4 Å². The van der Waals surface area contributed by atoms with E-state index in [9.17, 15) is 9.90 Å². The van der Waals surface area contributed by atoms with Crippen LogP contribution in [0.2, 0.25) is 0 Å². The third-order valence-corrected chi connectivity index (χ3v) is 4.34. The maximum absolute atomic E-state index is 10.8. The molecule has 0 amide bonds. The molecule has 144 valence electrons. The third-order valence-electron chi connectivity index (χ3n) is 4.34. The van der Waals surface area contributed by atoms with E-state index in [1.54, 1.807) is 6.07 Å². The number of fused-ring (bicyclic) bond motifs is 1. The van der Waals surface area contributed by atoms with E-state index in [0.717, 1.165) is 30.2 Å². The van der Waals surface area contributed by atoms with E-state index in [-0.39, 0.29) is 5.97 Å². The molecule has 0 saturated carbocycles. The van der Waals surface area contributed by atoms with Gasteiger partial charge in [-0.25, -0.2) is 0 Å². The Hall–Kier alpha value is -2.07. The molecule has 1 aliphatic rings. The summed E-state index contributed by atoms with van der Waals surface area (Å²) in [5.74, 6) is 0.263. The molecule has 0 aliphatic carbocycles. The average molecular weight is 360 g/mol. The summed E-state index contributed by atoms with van der Waals surface area (Å²) in [6, 6.07) is 13.9. The van der Waals surface area contributed by atoms with E-state index < -0.39 is 0 Å². The minimum Gasteiger partial charge on any atom is -0.507 e. The molecule has 1 heterocycles. The lowest BCUT2D eigenvalue weighted by atomic mass is 10.00. The quantitative estimate of drug-likeness (QED) is 0.751. The zero-order valence-electron chi connectivity index (χ0n) is 16.3. The normalized spacial score (nSPS) is 15.9. The highest BCUT2D eigenvalue weighted by Crippen LogP contribution is 2.22. The minimum atomic E-state index is -0.0872. The number of phenols is 1. The van der Waals surface area contributed by atoms with Crippen LogP contribution in [0.3, 0.4) is 0 Å². The molecule has 0 spiro atoms. The Balaban J connectivity index is 0.000000239. The van der Waals surface area contributed by atoms with Crippen molar-refractivity contribution in [2.45, 2.75) is 58.4 Å². The summed E-state index contributed by atoms with van der Waals surface area (Å²) < 4.78 is 4.58. The second-order valence-electron chi connectivity index (χ2n) is 6.11. The third kappa shape index (κ3) is 7.87. The van der Waals surface area contributed by atoms with Gasteiger partial charge in [-0.3, -0.25) is 4.79 Å². The van der Waals surface area contributed by atoms with Crippen LogP contribution in [-0.2, 0) is 9.53 Å².